The van der Waals surface area contributed by atoms with Crippen molar-refractivity contribution >= 4 is 23.2 Å². The number of nitrogens with zero attached hydrogens (tertiary/aromatic N) is 2. The number of halogens is 1. The Balaban J connectivity index is 1.63. The number of carbonyl (C=O) groups excluding carboxylic acids is 2. The summed E-state index contributed by atoms with van der Waals surface area (Å²) in [7, 11) is 0. The lowest BCUT2D eigenvalue weighted by Gasteiger charge is -2.32. The van der Waals surface area contributed by atoms with Gasteiger partial charge in [0, 0.05) is 0 Å². The molecule has 2 aliphatic heterocycles. The molecule has 0 spiro atoms. The molecule has 0 aliphatic carbocycles. The molecule has 0 aromatic heterocycles. The predicted molar refractivity (Wildman–Crippen MR) is 112 cm³/mol. The molecule has 7 heteroatoms. The molecule has 6 nitrogen and oxygen atoms in total. The molecule has 156 valence electrons. The van der Waals surface area contributed by atoms with Crippen LogP contribution in [0.25, 0.3) is 0 Å². The summed E-state index contributed by atoms with van der Waals surface area (Å²) in [5, 5.41) is 11.3. The molecule has 0 radical (unpaired) electrons. The Morgan fingerprint density at radius 2 is 1.55 bits per heavy atom. The first kappa shape index (κ1) is 19.3. The second-order valence-corrected chi connectivity index (χ2v) is 7.88. The standard InChI is InChI=1S/C24H19FN2O4/c1-24-20(15-7-13-19(28)14-8-15)27(18-5-3-2-4-6-18)31-21(24)22(29)26(23(24)30)17-11-9-16(25)10-12-17/h2-14,20-21,28H,1H3. The summed E-state index contributed by atoms with van der Waals surface area (Å²) in [6.45, 7) is 1.71. The number of benzene rings is 3. The largest absolute Gasteiger partial charge is 0.508 e. The first-order chi connectivity index (χ1) is 14.9. The van der Waals surface area contributed by atoms with E-state index in [0.717, 1.165) is 4.90 Å². The van der Waals surface area contributed by atoms with Crippen molar-refractivity contribution in [3.63, 3.8) is 0 Å². The highest BCUT2D eigenvalue weighted by Crippen LogP contribution is 2.55. The van der Waals surface area contributed by atoms with Crippen LogP contribution in [-0.4, -0.2) is 23.0 Å². The number of hydrogen-bond donors (Lipinski definition) is 1. The first-order valence-corrected chi connectivity index (χ1v) is 9.85. The van der Waals surface area contributed by atoms with Gasteiger partial charge in [-0.2, -0.15) is 0 Å². The lowest BCUT2D eigenvalue weighted by Crippen LogP contribution is -2.41. The Morgan fingerprint density at radius 3 is 2.19 bits per heavy atom. The van der Waals surface area contributed by atoms with Gasteiger partial charge in [-0.3, -0.25) is 14.4 Å². The Kier molecular flexibility index (Phi) is 4.30. The number of phenolic OH excluding ortho intramolecular Hbond substituents is 1. The molecule has 0 saturated carbocycles. The van der Waals surface area contributed by atoms with Crippen molar-refractivity contribution in [2.24, 2.45) is 5.41 Å². The van der Waals surface area contributed by atoms with Gasteiger partial charge in [-0.1, -0.05) is 30.3 Å². The van der Waals surface area contributed by atoms with Crippen LogP contribution in [0.3, 0.4) is 0 Å². The van der Waals surface area contributed by atoms with E-state index in [1.54, 1.807) is 24.1 Å². The van der Waals surface area contributed by atoms with Crippen molar-refractivity contribution in [3.8, 4) is 5.75 Å². The number of phenols is 1. The van der Waals surface area contributed by atoms with E-state index >= 15 is 0 Å². The maximum atomic E-state index is 13.7. The maximum absolute atomic E-state index is 13.7. The van der Waals surface area contributed by atoms with Crippen LogP contribution in [0, 0.1) is 11.2 Å². The fourth-order valence-electron chi connectivity index (χ4n) is 4.42. The molecule has 2 saturated heterocycles. The van der Waals surface area contributed by atoms with Crippen LogP contribution in [0.2, 0.25) is 0 Å². The molecule has 2 fully saturated rings. The van der Waals surface area contributed by atoms with Gasteiger partial charge in [0.05, 0.1) is 17.4 Å². The highest BCUT2D eigenvalue weighted by molar-refractivity contribution is 6.25. The molecule has 2 aliphatic rings. The van der Waals surface area contributed by atoms with Crippen LogP contribution in [0.15, 0.2) is 78.9 Å². The first-order valence-electron chi connectivity index (χ1n) is 9.85. The number of hydroxylamine groups is 1. The molecule has 0 bridgehead atoms. The Hall–Kier alpha value is -3.71. The number of fused-ring (bicyclic) bond motifs is 1. The summed E-state index contributed by atoms with van der Waals surface area (Å²) in [6.07, 6.45) is -1.05. The van der Waals surface area contributed by atoms with Crippen LogP contribution in [0.5, 0.6) is 5.75 Å². The summed E-state index contributed by atoms with van der Waals surface area (Å²) in [5.41, 5.74) is 0.475. The number of para-hydroxylation sites is 1. The lowest BCUT2D eigenvalue weighted by molar-refractivity contribution is -0.128. The molecule has 5 rings (SSSR count). The van der Waals surface area contributed by atoms with E-state index in [2.05, 4.69) is 0 Å². The molecule has 31 heavy (non-hydrogen) atoms. The third kappa shape index (κ3) is 2.81. The maximum Gasteiger partial charge on any atom is 0.266 e. The minimum Gasteiger partial charge on any atom is -0.508 e. The van der Waals surface area contributed by atoms with E-state index in [0.29, 0.717) is 16.9 Å². The Morgan fingerprint density at radius 1 is 0.903 bits per heavy atom. The highest BCUT2D eigenvalue weighted by Gasteiger charge is 2.68. The van der Waals surface area contributed by atoms with E-state index in [9.17, 15) is 19.1 Å². The number of aromatic hydroxyl groups is 1. The molecular formula is C24H19FN2O4. The van der Waals surface area contributed by atoms with E-state index < -0.39 is 35.2 Å². The zero-order valence-corrected chi connectivity index (χ0v) is 16.6. The normalized spacial score (nSPS) is 25.2. The molecular weight excluding hydrogens is 399 g/mol. The number of anilines is 2. The zero-order valence-electron chi connectivity index (χ0n) is 16.6. The summed E-state index contributed by atoms with van der Waals surface area (Å²) in [5.74, 6) is -1.29. The van der Waals surface area contributed by atoms with Gasteiger partial charge >= 0.3 is 0 Å². The number of rotatable bonds is 3. The Labute approximate surface area is 178 Å². The summed E-state index contributed by atoms with van der Waals surface area (Å²) < 4.78 is 13.4. The third-order valence-corrected chi connectivity index (χ3v) is 5.98. The summed E-state index contributed by atoms with van der Waals surface area (Å²) in [4.78, 5) is 34.2. The van der Waals surface area contributed by atoms with Gasteiger partial charge in [0.2, 0.25) is 5.91 Å². The average molecular weight is 418 g/mol. The van der Waals surface area contributed by atoms with Crippen LogP contribution in [0.4, 0.5) is 15.8 Å². The molecule has 1 N–H and O–H groups in total. The molecule has 2 amide bonds. The van der Waals surface area contributed by atoms with Crippen molar-refractivity contribution in [3.05, 3.63) is 90.2 Å². The number of imide groups is 1. The number of amides is 2. The van der Waals surface area contributed by atoms with Gasteiger partial charge in [-0.15, -0.1) is 0 Å². The van der Waals surface area contributed by atoms with Crippen LogP contribution in [-0.2, 0) is 14.4 Å². The smallest absolute Gasteiger partial charge is 0.266 e. The van der Waals surface area contributed by atoms with Gasteiger partial charge in [0.15, 0.2) is 6.10 Å². The predicted octanol–water partition coefficient (Wildman–Crippen LogP) is 3.97. The summed E-state index contributed by atoms with van der Waals surface area (Å²) >= 11 is 0. The van der Waals surface area contributed by atoms with Crippen LogP contribution >= 0.6 is 0 Å². The van der Waals surface area contributed by atoms with E-state index in [1.807, 2.05) is 30.3 Å². The molecule has 2 heterocycles. The quantitative estimate of drug-likeness (QED) is 0.652. The SMILES string of the molecule is CC12C(=O)N(c3ccc(F)cc3)C(=O)C1ON(c1ccccc1)C2c1ccc(O)cc1. The minimum atomic E-state index is -1.24. The lowest BCUT2D eigenvalue weighted by atomic mass is 9.76. The van der Waals surface area contributed by atoms with Gasteiger partial charge < -0.3 is 5.11 Å². The minimum absolute atomic E-state index is 0.0948. The van der Waals surface area contributed by atoms with E-state index in [4.69, 9.17) is 4.84 Å². The van der Waals surface area contributed by atoms with E-state index in [1.165, 1.54) is 36.4 Å². The topological polar surface area (TPSA) is 70.1 Å². The molecule has 3 aromatic rings. The monoisotopic (exact) mass is 418 g/mol. The van der Waals surface area contributed by atoms with Crippen molar-refractivity contribution in [2.45, 2.75) is 19.1 Å². The van der Waals surface area contributed by atoms with Gasteiger partial charge in [0.25, 0.3) is 5.91 Å². The van der Waals surface area contributed by atoms with Crippen molar-refractivity contribution in [2.75, 3.05) is 9.96 Å². The second kappa shape index (κ2) is 6.92. The fraction of sp³-hybridized carbons (Fsp3) is 0.167. The Bertz CT molecular complexity index is 1150. The number of carbonyl (C=O) groups is 2. The van der Waals surface area contributed by atoms with Crippen molar-refractivity contribution in [1.82, 2.24) is 0 Å². The van der Waals surface area contributed by atoms with Crippen molar-refractivity contribution in [1.29, 1.82) is 0 Å². The molecule has 3 unspecified atom stereocenters. The highest BCUT2D eigenvalue weighted by atomic mass is 19.1. The third-order valence-electron chi connectivity index (χ3n) is 5.98. The average Bonchev–Trinajstić information content (AvgIpc) is 3.19. The summed E-state index contributed by atoms with van der Waals surface area (Å²) in [6, 6.07) is 20.3. The zero-order chi connectivity index (χ0) is 21.8. The van der Waals surface area contributed by atoms with Gasteiger partial charge in [-0.05, 0) is 61.0 Å². The fourth-order valence-corrected chi connectivity index (χ4v) is 4.42. The van der Waals surface area contributed by atoms with E-state index in [-0.39, 0.29) is 5.75 Å². The molecule has 3 aromatic carbocycles. The van der Waals surface area contributed by atoms with Gasteiger partial charge in [-0.25, -0.2) is 14.4 Å². The van der Waals surface area contributed by atoms with Gasteiger partial charge in [0.1, 0.15) is 17.0 Å². The van der Waals surface area contributed by atoms with Crippen molar-refractivity contribution < 1.29 is 23.9 Å². The molecule has 3 atom stereocenters. The van der Waals surface area contributed by atoms with Crippen LogP contribution in [0.1, 0.15) is 18.5 Å². The number of hydrogen-bond acceptors (Lipinski definition) is 5. The van der Waals surface area contributed by atoms with Crippen LogP contribution < -0.4 is 9.96 Å². The second-order valence-electron chi connectivity index (χ2n) is 7.88.